The van der Waals surface area contributed by atoms with Crippen molar-refractivity contribution in [3.8, 4) is 0 Å². The highest BCUT2D eigenvalue weighted by Crippen LogP contribution is 2.21. The summed E-state index contributed by atoms with van der Waals surface area (Å²) in [5.41, 5.74) is 0.524. The summed E-state index contributed by atoms with van der Waals surface area (Å²) < 4.78 is 37.1. The summed E-state index contributed by atoms with van der Waals surface area (Å²) in [4.78, 5) is 14.7. The number of sulfonamides is 1. The number of carbonyl (C=O) groups excluding carboxylic acids is 1. The maximum Gasteiger partial charge on any atom is 0.253 e. The lowest BCUT2D eigenvalue weighted by molar-refractivity contribution is 0.0613. The molecule has 1 amide bonds. The Labute approximate surface area is 154 Å². The molecule has 0 saturated carbocycles. The van der Waals surface area contributed by atoms with Crippen molar-refractivity contribution in [3.63, 3.8) is 0 Å². The lowest BCUT2D eigenvalue weighted by Crippen LogP contribution is -2.40. The van der Waals surface area contributed by atoms with E-state index in [4.69, 9.17) is 9.47 Å². The number of ether oxygens (including phenoxy) is 2. The molecule has 7 nitrogen and oxygen atoms in total. The highest BCUT2D eigenvalue weighted by Gasteiger charge is 2.27. The van der Waals surface area contributed by atoms with Gasteiger partial charge in [0.15, 0.2) is 0 Å². The zero-order chi connectivity index (χ0) is 18.6. The van der Waals surface area contributed by atoms with Crippen molar-refractivity contribution in [2.24, 2.45) is 5.92 Å². The summed E-state index contributed by atoms with van der Waals surface area (Å²) in [6, 6.07) is 6.26. The number of morpholine rings is 1. The van der Waals surface area contributed by atoms with Crippen LogP contribution in [0.25, 0.3) is 0 Å². The van der Waals surface area contributed by atoms with E-state index in [1.807, 2.05) is 4.90 Å². The summed E-state index contributed by atoms with van der Waals surface area (Å²) in [6.07, 6.45) is 1.87. The van der Waals surface area contributed by atoms with Gasteiger partial charge in [0, 0.05) is 45.5 Å². The molecule has 0 atom stereocenters. The van der Waals surface area contributed by atoms with Crippen molar-refractivity contribution in [1.82, 2.24) is 9.21 Å². The molecule has 2 fully saturated rings. The fraction of sp³-hybridized carbons (Fsp3) is 0.611. The SMILES string of the molecule is COCC1CCN(C(=O)c2ccc(S(=O)(=O)N3CCOCC3)cc2)CC1. The zero-order valence-electron chi connectivity index (χ0n) is 15.1. The molecule has 2 aliphatic rings. The summed E-state index contributed by atoms with van der Waals surface area (Å²) >= 11 is 0. The van der Waals surface area contributed by atoms with Gasteiger partial charge in [-0.2, -0.15) is 4.31 Å². The van der Waals surface area contributed by atoms with Gasteiger partial charge in [-0.05, 0) is 43.0 Å². The van der Waals surface area contributed by atoms with Crippen molar-refractivity contribution >= 4 is 15.9 Å². The topological polar surface area (TPSA) is 76.2 Å². The molecule has 0 spiro atoms. The molecule has 2 aliphatic heterocycles. The van der Waals surface area contributed by atoms with Crippen LogP contribution in [0.2, 0.25) is 0 Å². The number of rotatable bonds is 5. The van der Waals surface area contributed by atoms with Crippen LogP contribution in [-0.2, 0) is 19.5 Å². The van der Waals surface area contributed by atoms with E-state index in [9.17, 15) is 13.2 Å². The summed E-state index contributed by atoms with van der Waals surface area (Å²) in [7, 11) is -1.83. The molecule has 0 aliphatic carbocycles. The van der Waals surface area contributed by atoms with Gasteiger partial charge in [-0.15, -0.1) is 0 Å². The molecule has 2 heterocycles. The molecule has 0 bridgehead atoms. The molecule has 3 rings (SSSR count). The Hall–Kier alpha value is -1.48. The number of likely N-dealkylation sites (tertiary alicyclic amines) is 1. The lowest BCUT2D eigenvalue weighted by atomic mass is 9.97. The number of hydrogen-bond acceptors (Lipinski definition) is 5. The zero-order valence-corrected chi connectivity index (χ0v) is 15.9. The van der Waals surface area contributed by atoms with Crippen LogP contribution in [-0.4, -0.2) is 76.6 Å². The third kappa shape index (κ3) is 4.25. The van der Waals surface area contributed by atoms with Crippen LogP contribution < -0.4 is 0 Å². The van der Waals surface area contributed by atoms with Gasteiger partial charge >= 0.3 is 0 Å². The molecular weight excluding hydrogens is 356 g/mol. The van der Waals surface area contributed by atoms with Crippen LogP contribution in [0.15, 0.2) is 29.2 Å². The van der Waals surface area contributed by atoms with Crippen molar-refractivity contribution in [2.75, 3.05) is 53.1 Å². The molecule has 144 valence electrons. The van der Waals surface area contributed by atoms with Crippen LogP contribution >= 0.6 is 0 Å². The van der Waals surface area contributed by atoms with Crippen molar-refractivity contribution in [3.05, 3.63) is 29.8 Å². The van der Waals surface area contributed by atoms with Gasteiger partial charge in [0.25, 0.3) is 5.91 Å². The first-order valence-corrected chi connectivity index (χ1v) is 10.4. The first-order chi connectivity index (χ1) is 12.5. The Bertz CT molecular complexity index is 706. The Morgan fingerprint density at radius 2 is 1.73 bits per heavy atom. The fourth-order valence-corrected chi connectivity index (χ4v) is 4.83. The Balaban J connectivity index is 1.65. The average Bonchev–Trinajstić information content (AvgIpc) is 2.69. The summed E-state index contributed by atoms with van der Waals surface area (Å²) in [6.45, 7) is 3.69. The number of methoxy groups -OCH3 is 1. The first kappa shape index (κ1) is 19.3. The van der Waals surface area contributed by atoms with Gasteiger partial charge in [0.2, 0.25) is 10.0 Å². The van der Waals surface area contributed by atoms with Crippen molar-refractivity contribution < 1.29 is 22.7 Å². The van der Waals surface area contributed by atoms with Crippen LogP contribution in [0.1, 0.15) is 23.2 Å². The largest absolute Gasteiger partial charge is 0.384 e. The second-order valence-electron chi connectivity index (χ2n) is 6.73. The Kier molecular flexibility index (Phi) is 6.29. The molecule has 2 saturated heterocycles. The Morgan fingerprint density at radius 3 is 2.31 bits per heavy atom. The van der Waals surface area contributed by atoms with Crippen LogP contribution in [0, 0.1) is 5.92 Å². The minimum atomic E-state index is -3.53. The normalized spacial score (nSPS) is 20.3. The van der Waals surface area contributed by atoms with E-state index in [0.29, 0.717) is 50.9 Å². The van der Waals surface area contributed by atoms with Gasteiger partial charge in [0.1, 0.15) is 0 Å². The molecule has 0 aromatic heterocycles. The highest BCUT2D eigenvalue weighted by molar-refractivity contribution is 7.89. The fourth-order valence-electron chi connectivity index (χ4n) is 3.43. The third-order valence-corrected chi connectivity index (χ3v) is 6.93. The molecule has 8 heteroatoms. The maximum atomic E-state index is 12.6. The lowest BCUT2D eigenvalue weighted by Gasteiger charge is -2.31. The first-order valence-electron chi connectivity index (χ1n) is 8.98. The van der Waals surface area contributed by atoms with Crippen molar-refractivity contribution in [1.29, 1.82) is 0 Å². The second-order valence-corrected chi connectivity index (χ2v) is 8.67. The molecule has 1 aromatic carbocycles. The average molecular weight is 382 g/mol. The highest BCUT2D eigenvalue weighted by atomic mass is 32.2. The third-order valence-electron chi connectivity index (χ3n) is 5.01. The maximum absolute atomic E-state index is 12.6. The number of piperidine rings is 1. The van der Waals surface area contributed by atoms with E-state index in [0.717, 1.165) is 19.4 Å². The number of nitrogens with zero attached hydrogens (tertiary/aromatic N) is 2. The van der Waals surface area contributed by atoms with E-state index in [1.54, 1.807) is 19.2 Å². The molecular formula is C18H26N2O5S. The summed E-state index contributed by atoms with van der Waals surface area (Å²) in [5, 5.41) is 0. The van der Waals surface area contributed by atoms with Crippen molar-refractivity contribution in [2.45, 2.75) is 17.7 Å². The van der Waals surface area contributed by atoms with Crippen LogP contribution in [0.4, 0.5) is 0 Å². The molecule has 26 heavy (non-hydrogen) atoms. The van der Waals surface area contributed by atoms with Crippen LogP contribution in [0.3, 0.4) is 0 Å². The van der Waals surface area contributed by atoms with E-state index in [1.165, 1.54) is 16.4 Å². The Morgan fingerprint density at radius 1 is 1.12 bits per heavy atom. The van der Waals surface area contributed by atoms with E-state index in [2.05, 4.69) is 0 Å². The molecule has 1 aromatic rings. The van der Waals surface area contributed by atoms with Gasteiger partial charge in [-0.1, -0.05) is 0 Å². The van der Waals surface area contributed by atoms with Gasteiger partial charge in [-0.25, -0.2) is 8.42 Å². The minimum Gasteiger partial charge on any atom is -0.384 e. The summed E-state index contributed by atoms with van der Waals surface area (Å²) in [5.74, 6) is 0.460. The van der Waals surface area contributed by atoms with Gasteiger partial charge in [-0.3, -0.25) is 4.79 Å². The number of benzene rings is 1. The predicted molar refractivity (Wildman–Crippen MR) is 96.5 cm³/mol. The number of amides is 1. The molecule has 0 unspecified atom stereocenters. The standard InChI is InChI=1S/C18H26N2O5S/c1-24-14-15-6-8-19(9-7-15)18(21)16-2-4-17(5-3-16)26(22,23)20-10-12-25-13-11-20/h2-5,15H,6-14H2,1H3. The van der Waals surface area contributed by atoms with Gasteiger partial charge < -0.3 is 14.4 Å². The minimum absolute atomic E-state index is 0.0452. The van der Waals surface area contributed by atoms with Crippen LogP contribution in [0.5, 0.6) is 0 Å². The second kappa shape index (κ2) is 8.47. The number of hydrogen-bond donors (Lipinski definition) is 0. The smallest absolute Gasteiger partial charge is 0.253 e. The van der Waals surface area contributed by atoms with Gasteiger partial charge in [0.05, 0.1) is 18.1 Å². The van der Waals surface area contributed by atoms with E-state index < -0.39 is 10.0 Å². The molecule has 0 N–H and O–H groups in total. The van der Waals surface area contributed by atoms with E-state index >= 15 is 0 Å². The predicted octanol–water partition coefficient (Wildman–Crippen LogP) is 1.21. The molecule has 0 radical (unpaired) electrons. The number of carbonyl (C=O) groups is 1. The quantitative estimate of drug-likeness (QED) is 0.765. The monoisotopic (exact) mass is 382 g/mol. The van der Waals surface area contributed by atoms with E-state index in [-0.39, 0.29) is 10.8 Å².